The molecule has 5 unspecified atom stereocenters. The van der Waals surface area contributed by atoms with E-state index in [1.807, 2.05) is 32.0 Å². The maximum Gasteiger partial charge on any atom is 0.303 e. The standard InChI is InChI=1S/C57H85NO11/c1-32(2)41-21-26-57(52(62)58-29-40-17-15-14-16-18-40)28-27-55(12)42(46(41)57)19-20-44-53(10)24-23-45(54(11,31-64-37(7)59)43(53)22-25-56(44,55)13)68-50-48(34(4)33(3)30-63-50)69-51-49(67-39(9)61)47(66-38(8)60)35(5)36(6)65-51/h14-18,33-36,41-51H,1,19-31H2,2-13H3,(H,58,62)/t33-,34-,35-,36-,41?,42?,43?,44?,45-,46?,47+,48+,49+,50-,51-,53-,54-,55+,56+,57-/m0/s1. The summed E-state index contributed by atoms with van der Waals surface area (Å²) in [4.78, 5) is 52.4. The first kappa shape index (κ1) is 52.0. The van der Waals surface area contributed by atoms with Crippen LogP contribution < -0.4 is 5.32 Å². The van der Waals surface area contributed by atoms with Gasteiger partial charge in [0.25, 0.3) is 0 Å². The minimum atomic E-state index is -1.05. The van der Waals surface area contributed by atoms with Gasteiger partial charge in [-0.25, -0.2) is 0 Å². The van der Waals surface area contributed by atoms with E-state index in [9.17, 15) is 19.2 Å². The number of allylic oxidation sites excluding steroid dienone is 1. The second-order valence-corrected chi connectivity index (χ2v) is 24.3. The van der Waals surface area contributed by atoms with Gasteiger partial charge in [0.1, 0.15) is 12.2 Å². The number of benzene rings is 1. The zero-order chi connectivity index (χ0) is 50.0. The summed E-state index contributed by atoms with van der Waals surface area (Å²) in [5.74, 6) is 0.301. The van der Waals surface area contributed by atoms with Gasteiger partial charge < -0.3 is 38.5 Å². The van der Waals surface area contributed by atoms with Gasteiger partial charge in [-0.05, 0) is 141 Å². The number of carbonyl (C=O) groups excluding carboxylic acids is 4. The van der Waals surface area contributed by atoms with Crippen molar-refractivity contribution in [2.24, 2.45) is 74.4 Å². The van der Waals surface area contributed by atoms with Crippen molar-refractivity contribution in [2.75, 3.05) is 13.2 Å². The van der Waals surface area contributed by atoms with E-state index >= 15 is 0 Å². The average Bonchev–Trinajstić information content (AvgIpc) is 3.70. The minimum absolute atomic E-state index is 0.0255. The third kappa shape index (κ3) is 9.04. The Morgan fingerprint density at radius 3 is 2.07 bits per heavy atom. The number of esters is 3. The summed E-state index contributed by atoms with van der Waals surface area (Å²) in [5.41, 5.74) is 1.37. The molecule has 69 heavy (non-hydrogen) atoms. The van der Waals surface area contributed by atoms with Gasteiger partial charge in [-0.1, -0.05) is 91.0 Å². The maximum atomic E-state index is 14.7. The van der Waals surface area contributed by atoms with Crippen molar-refractivity contribution < 1.29 is 52.3 Å². The quantitative estimate of drug-likeness (QED) is 0.0925. The Morgan fingerprint density at radius 2 is 1.41 bits per heavy atom. The van der Waals surface area contributed by atoms with Crippen LogP contribution in [0.25, 0.3) is 0 Å². The molecule has 0 aromatic heterocycles. The van der Waals surface area contributed by atoms with Gasteiger partial charge in [0, 0.05) is 38.6 Å². The van der Waals surface area contributed by atoms with Crippen LogP contribution in [0.15, 0.2) is 42.5 Å². The van der Waals surface area contributed by atoms with Gasteiger partial charge in [0.2, 0.25) is 5.91 Å². The van der Waals surface area contributed by atoms with E-state index < -0.39 is 53.7 Å². The van der Waals surface area contributed by atoms with Crippen molar-refractivity contribution in [1.29, 1.82) is 0 Å². The Labute approximate surface area is 412 Å². The summed E-state index contributed by atoms with van der Waals surface area (Å²) >= 11 is 0. The number of ether oxygens (including phenoxy) is 7. The molecule has 1 aromatic rings. The van der Waals surface area contributed by atoms with E-state index in [0.717, 1.165) is 69.8 Å². The van der Waals surface area contributed by atoms with E-state index in [4.69, 9.17) is 33.2 Å². The van der Waals surface area contributed by atoms with Crippen molar-refractivity contribution in [3.05, 3.63) is 48.0 Å². The number of rotatable bonds is 12. The lowest BCUT2D eigenvalue weighted by Gasteiger charge is -2.73. The molecule has 1 N–H and O–H groups in total. The first-order valence-electron chi connectivity index (χ1n) is 26.5. The Hall–Kier alpha value is -3.32. The van der Waals surface area contributed by atoms with E-state index in [-0.39, 0.29) is 76.5 Å². The van der Waals surface area contributed by atoms with Gasteiger partial charge in [0.15, 0.2) is 18.7 Å². The second-order valence-electron chi connectivity index (χ2n) is 24.3. The van der Waals surface area contributed by atoms with Gasteiger partial charge in [0.05, 0.1) is 30.8 Å². The predicted octanol–water partition coefficient (Wildman–Crippen LogP) is 10.1. The van der Waals surface area contributed by atoms with E-state index in [1.54, 1.807) is 0 Å². The molecule has 0 spiro atoms. The van der Waals surface area contributed by atoms with Crippen LogP contribution in [-0.2, 0) is 58.9 Å². The highest BCUT2D eigenvalue weighted by Gasteiger charge is 2.72. The summed E-state index contributed by atoms with van der Waals surface area (Å²) in [6.07, 6.45) is 4.80. The molecular formula is C57H85NO11. The SMILES string of the molecule is C=C(C)C1CC[C@]2(C(=O)NCc3ccccc3)CC[C@]3(C)C(CCC4[C@@]5(C)CC[C@H](O[C@@H]6OC[C@H](C)[C@H](C)[C@H]6O[C@@H]6O[C@@H](C)[C@H](C)[C@@H](OC(C)=O)[C@H]6OC(C)=O)[C@@](C)(COC(C)=O)C5CC[C@]43C)C12. The largest absolute Gasteiger partial charge is 0.465 e. The number of nitrogens with one attached hydrogen (secondary N) is 1. The highest BCUT2D eigenvalue weighted by molar-refractivity contribution is 5.84. The molecule has 2 aliphatic heterocycles. The molecule has 20 atom stereocenters. The van der Waals surface area contributed by atoms with Gasteiger partial charge >= 0.3 is 17.9 Å². The second kappa shape index (κ2) is 19.6. The van der Waals surface area contributed by atoms with E-state index in [2.05, 4.69) is 72.5 Å². The number of hydrogen-bond donors (Lipinski definition) is 1. The third-order valence-corrected chi connectivity index (χ3v) is 20.7. The molecule has 5 aliphatic carbocycles. The van der Waals surface area contributed by atoms with Crippen LogP contribution in [0.3, 0.4) is 0 Å². The molecule has 2 saturated heterocycles. The van der Waals surface area contributed by atoms with Crippen molar-refractivity contribution >= 4 is 23.8 Å². The number of fused-ring (bicyclic) bond motifs is 7. The molecule has 12 heteroatoms. The topological polar surface area (TPSA) is 145 Å². The normalized spacial score (nSPS) is 45.9. The summed E-state index contributed by atoms with van der Waals surface area (Å²) in [5, 5.41) is 3.44. The third-order valence-electron chi connectivity index (χ3n) is 20.7. The van der Waals surface area contributed by atoms with Crippen LogP contribution in [0.1, 0.15) is 153 Å². The molecule has 1 aromatic carbocycles. The fraction of sp³-hybridized carbons (Fsp3) is 0.789. The monoisotopic (exact) mass is 960 g/mol. The molecule has 2 heterocycles. The van der Waals surface area contributed by atoms with Crippen LogP contribution in [0.2, 0.25) is 0 Å². The van der Waals surface area contributed by atoms with Gasteiger partial charge in [-0.3, -0.25) is 19.2 Å². The van der Waals surface area contributed by atoms with Crippen LogP contribution >= 0.6 is 0 Å². The molecule has 0 radical (unpaired) electrons. The number of carbonyl (C=O) groups is 4. The molecule has 7 aliphatic rings. The summed E-state index contributed by atoms with van der Waals surface area (Å²) in [6.45, 7) is 30.2. The van der Waals surface area contributed by atoms with Crippen LogP contribution in [0.4, 0.5) is 0 Å². The van der Waals surface area contributed by atoms with Gasteiger partial charge in [-0.2, -0.15) is 0 Å². The molecule has 1 amide bonds. The lowest BCUT2D eigenvalue weighted by Crippen LogP contribution is -2.68. The Morgan fingerprint density at radius 1 is 0.710 bits per heavy atom. The van der Waals surface area contributed by atoms with Crippen LogP contribution in [0.5, 0.6) is 0 Å². The predicted molar refractivity (Wildman–Crippen MR) is 261 cm³/mol. The first-order valence-corrected chi connectivity index (χ1v) is 26.5. The van der Waals surface area contributed by atoms with E-state index in [1.165, 1.54) is 26.3 Å². The van der Waals surface area contributed by atoms with Crippen molar-refractivity contribution in [3.8, 4) is 0 Å². The molecule has 7 fully saturated rings. The fourth-order valence-electron chi connectivity index (χ4n) is 16.6. The first-order chi connectivity index (χ1) is 32.5. The van der Waals surface area contributed by atoms with Crippen molar-refractivity contribution in [3.63, 3.8) is 0 Å². The fourth-order valence-corrected chi connectivity index (χ4v) is 16.6. The highest BCUT2D eigenvalue weighted by atomic mass is 16.8. The average molecular weight is 960 g/mol. The van der Waals surface area contributed by atoms with E-state index in [0.29, 0.717) is 30.9 Å². The lowest BCUT2D eigenvalue weighted by atomic mass is 9.32. The maximum absolute atomic E-state index is 14.7. The van der Waals surface area contributed by atoms with Gasteiger partial charge in [-0.15, -0.1) is 0 Å². The zero-order valence-corrected chi connectivity index (χ0v) is 43.9. The van der Waals surface area contributed by atoms with Crippen molar-refractivity contribution in [2.45, 2.75) is 197 Å². The minimum Gasteiger partial charge on any atom is -0.465 e. The summed E-state index contributed by atoms with van der Waals surface area (Å²) < 4.78 is 45.0. The highest BCUT2D eigenvalue weighted by Crippen LogP contribution is 2.78. The van der Waals surface area contributed by atoms with Crippen LogP contribution in [-0.4, -0.2) is 80.1 Å². The Bertz CT molecular complexity index is 2080. The van der Waals surface area contributed by atoms with Crippen LogP contribution in [0, 0.1) is 74.4 Å². The lowest BCUT2D eigenvalue weighted by molar-refractivity contribution is -0.354. The molecular weight excluding hydrogens is 875 g/mol. The Kier molecular flexibility index (Phi) is 14.8. The summed E-state index contributed by atoms with van der Waals surface area (Å²) in [6, 6.07) is 10.3. The Balaban J connectivity index is 1.06. The molecule has 384 valence electrons. The molecule has 0 bridgehead atoms. The number of hydrogen-bond acceptors (Lipinski definition) is 11. The molecule has 12 nitrogen and oxygen atoms in total. The smallest absolute Gasteiger partial charge is 0.303 e. The molecule has 8 rings (SSSR count). The molecule has 5 saturated carbocycles. The number of amides is 1. The zero-order valence-electron chi connectivity index (χ0n) is 43.9. The summed E-state index contributed by atoms with van der Waals surface area (Å²) in [7, 11) is 0. The van der Waals surface area contributed by atoms with Crippen molar-refractivity contribution in [1.82, 2.24) is 5.32 Å².